The summed E-state index contributed by atoms with van der Waals surface area (Å²) in [6.07, 6.45) is -4.34. The van der Waals surface area contributed by atoms with Gasteiger partial charge < -0.3 is 5.32 Å². The van der Waals surface area contributed by atoms with Crippen LogP contribution >= 0.6 is 0 Å². The van der Waals surface area contributed by atoms with Gasteiger partial charge in [0, 0.05) is 26.2 Å². The molecule has 1 unspecified atom stereocenters. The van der Waals surface area contributed by atoms with E-state index in [1.54, 1.807) is 0 Å². The lowest BCUT2D eigenvalue weighted by Gasteiger charge is -2.36. The predicted octanol–water partition coefficient (Wildman–Crippen LogP) is 4.85. The first-order valence-corrected chi connectivity index (χ1v) is 9.13. The Labute approximate surface area is 156 Å². The van der Waals surface area contributed by atoms with Gasteiger partial charge in [-0.15, -0.1) is 0 Å². The number of benzene rings is 3. The number of alkyl halides is 3. The number of fused-ring (bicyclic) bond motifs is 1. The van der Waals surface area contributed by atoms with Gasteiger partial charge in [0.15, 0.2) is 0 Å². The van der Waals surface area contributed by atoms with Crippen molar-refractivity contribution < 1.29 is 13.2 Å². The molecule has 0 aromatic heterocycles. The van der Waals surface area contributed by atoms with Crippen molar-refractivity contribution >= 4 is 10.8 Å². The van der Waals surface area contributed by atoms with Crippen LogP contribution < -0.4 is 5.32 Å². The Morgan fingerprint density at radius 2 is 1.56 bits per heavy atom. The molecule has 27 heavy (non-hydrogen) atoms. The first-order chi connectivity index (χ1) is 13.0. The molecule has 4 rings (SSSR count). The summed E-state index contributed by atoms with van der Waals surface area (Å²) < 4.78 is 39.9. The fourth-order valence-corrected chi connectivity index (χ4v) is 3.90. The van der Waals surface area contributed by atoms with Crippen LogP contribution in [-0.4, -0.2) is 31.1 Å². The highest BCUT2D eigenvalue weighted by Crippen LogP contribution is 2.37. The Morgan fingerprint density at radius 1 is 0.852 bits per heavy atom. The number of halogens is 3. The van der Waals surface area contributed by atoms with Gasteiger partial charge in [0.2, 0.25) is 0 Å². The number of hydrogen-bond donors (Lipinski definition) is 1. The van der Waals surface area contributed by atoms with Gasteiger partial charge >= 0.3 is 6.18 Å². The Hall–Kier alpha value is -2.37. The van der Waals surface area contributed by atoms with E-state index in [0.29, 0.717) is 5.56 Å². The molecule has 1 fully saturated rings. The summed E-state index contributed by atoms with van der Waals surface area (Å²) in [4.78, 5) is 2.27. The molecule has 5 heteroatoms. The van der Waals surface area contributed by atoms with Crippen LogP contribution in [0.15, 0.2) is 66.7 Å². The molecule has 0 bridgehead atoms. The molecule has 0 spiro atoms. The van der Waals surface area contributed by atoms with Gasteiger partial charge in [-0.3, -0.25) is 4.90 Å². The first-order valence-electron chi connectivity index (χ1n) is 9.13. The van der Waals surface area contributed by atoms with Crippen molar-refractivity contribution in [3.63, 3.8) is 0 Å². The molecular weight excluding hydrogens is 349 g/mol. The summed E-state index contributed by atoms with van der Waals surface area (Å²) in [7, 11) is 0. The van der Waals surface area contributed by atoms with Gasteiger partial charge in [-0.05, 0) is 34.0 Å². The van der Waals surface area contributed by atoms with Gasteiger partial charge in [-0.2, -0.15) is 13.2 Å². The fraction of sp³-hybridized carbons (Fsp3) is 0.273. The minimum Gasteiger partial charge on any atom is -0.314 e. The van der Waals surface area contributed by atoms with Gasteiger partial charge in [-0.25, -0.2) is 0 Å². The minimum atomic E-state index is -4.34. The minimum absolute atomic E-state index is 0.208. The number of piperazine rings is 1. The normalized spacial score (nSPS) is 17.1. The Morgan fingerprint density at radius 3 is 2.33 bits per heavy atom. The highest BCUT2D eigenvalue weighted by molar-refractivity contribution is 5.86. The first kappa shape index (κ1) is 18.0. The van der Waals surface area contributed by atoms with Crippen molar-refractivity contribution in [2.75, 3.05) is 26.2 Å². The smallest absolute Gasteiger partial charge is 0.314 e. The van der Waals surface area contributed by atoms with E-state index in [-0.39, 0.29) is 6.04 Å². The van der Waals surface area contributed by atoms with Crippen molar-refractivity contribution in [3.8, 4) is 0 Å². The average molecular weight is 370 g/mol. The third-order valence-corrected chi connectivity index (χ3v) is 5.16. The van der Waals surface area contributed by atoms with Gasteiger partial charge in [0.05, 0.1) is 11.6 Å². The summed E-state index contributed by atoms with van der Waals surface area (Å²) in [5.41, 5.74) is 1.14. The van der Waals surface area contributed by atoms with Crippen LogP contribution in [0.3, 0.4) is 0 Å². The van der Waals surface area contributed by atoms with Gasteiger partial charge in [0.25, 0.3) is 0 Å². The Bertz CT molecular complexity index is 925. The molecule has 2 nitrogen and oxygen atoms in total. The SMILES string of the molecule is FC(F)(F)c1cccc(C(c2cccc3ccccc23)N2CCNCC2)c1. The van der Waals surface area contributed by atoms with E-state index in [0.717, 1.165) is 48.6 Å². The second-order valence-corrected chi connectivity index (χ2v) is 6.88. The van der Waals surface area contributed by atoms with E-state index in [1.165, 1.54) is 12.1 Å². The molecular formula is C22H21F3N2. The summed E-state index contributed by atoms with van der Waals surface area (Å²) >= 11 is 0. The highest BCUT2D eigenvalue weighted by atomic mass is 19.4. The van der Waals surface area contributed by atoms with E-state index < -0.39 is 11.7 Å². The van der Waals surface area contributed by atoms with Crippen molar-refractivity contribution in [1.82, 2.24) is 10.2 Å². The van der Waals surface area contributed by atoms with E-state index >= 15 is 0 Å². The molecule has 1 heterocycles. The fourth-order valence-electron chi connectivity index (χ4n) is 3.90. The van der Waals surface area contributed by atoms with Crippen molar-refractivity contribution in [2.45, 2.75) is 12.2 Å². The molecule has 1 aliphatic heterocycles. The summed E-state index contributed by atoms with van der Waals surface area (Å²) in [5.74, 6) is 0. The predicted molar refractivity (Wildman–Crippen MR) is 102 cm³/mol. The number of nitrogens with one attached hydrogen (secondary N) is 1. The van der Waals surface area contributed by atoms with Crippen LogP contribution in [0.1, 0.15) is 22.7 Å². The highest BCUT2D eigenvalue weighted by Gasteiger charge is 2.32. The summed E-state index contributed by atoms with van der Waals surface area (Å²) in [6, 6.07) is 19.7. The van der Waals surface area contributed by atoms with Crippen LogP contribution in [0.5, 0.6) is 0 Å². The molecule has 3 aromatic carbocycles. The van der Waals surface area contributed by atoms with E-state index in [1.807, 2.05) is 48.5 Å². The number of nitrogens with zero attached hydrogens (tertiary/aromatic N) is 1. The molecule has 0 aliphatic carbocycles. The monoisotopic (exact) mass is 370 g/mol. The molecule has 1 aliphatic rings. The zero-order chi connectivity index (χ0) is 18.9. The molecule has 0 saturated carbocycles. The quantitative estimate of drug-likeness (QED) is 0.709. The van der Waals surface area contributed by atoms with Crippen LogP contribution in [-0.2, 0) is 6.18 Å². The van der Waals surface area contributed by atoms with Crippen LogP contribution in [0.4, 0.5) is 13.2 Å². The van der Waals surface area contributed by atoms with Gasteiger partial charge in [0.1, 0.15) is 0 Å². The van der Waals surface area contributed by atoms with Crippen molar-refractivity contribution in [3.05, 3.63) is 83.4 Å². The zero-order valence-electron chi connectivity index (χ0n) is 14.8. The molecule has 140 valence electrons. The Balaban J connectivity index is 1.87. The lowest BCUT2D eigenvalue weighted by Crippen LogP contribution is -2.45. The molecule has 1 atom stereocenters. The molecule has 0 amide bonds. The Kier molecular flexibility index (Phi) is 4.89. The third kappa shape index (κ3) is 3.70. The second kappa shape index (κ2) is 7.33. The maximum Gasteiger partial charge on any atom is 0.416 e. The summed E-state index contributed by atoms with van der Waals surface area (Å²) in [5, 5.41) is 5.51. The lowest BCUT2D eigenvalue weighted by atomic mass is 9.91. The zero-order valence-corrected chi connectivity index (χ0v) is 14.8. The standard InChI is InChI=1S/C22H21F3N2/c23-22(24,25)18-8-3-7-17(15-18)21(27-13-11-26-12-14-27)20-10-4-6-16-5-1-2-9-19(16)20/h1-10,15,21,26H,11-14H2. The second-order valence-electron chi connectivity index (χ2n) is 6.88. The van der Waals surface area contributed by atoms with Crippen LogP contribution in [0.2, 0.25) is 0 Å². The average Bonchev–Trinajstić information content (AvgIpc) is 2.69. The topological polar surface area (TPSA) is 15.3 Å². The largest absolute Gasteiger partial charge is 0.416 e. The van der Waals surface area contributed by atoms with Crippen LogP contribution in [0.25, 0.3) is 10.8 Å². The maximum absolute atomic E-state index is 13.3. The summed E-state index contributed by atoms with van der Waals surface area (Å²) in [6.45, 7) is 3.26. The third-order valence-electron chi connectivity index (χ3n) is 5.16. The molecule has 3 aromatic rings. The van der Waals surface area contributed by atoms with Crippen molar-refractivity contribution in [2.24, 2.45) is 0 Å². The van der Waals surface area contributed by atoms with Crippen LogP contribution in [0, 0.1) is 0 Å². The molecule has 1 N–H and O–H groups in total. The number of hydrogen-bond acceptors (Lipinski definition) is 2. The molecule has 1 saturated heterocycles. The van der Waals surface area contributed by atoms with E-state index in [9.17, 15) is 13.2 Å². The van der Waals surface area contributed by atoms with Crippen molar-refractivity contribution in [1.29, 1.82) is 0 Å². The van der Waals surface area contributed by atoms with E-state index in [4.69, 9.17) is 0 Å². The number of rotatable bonds is 3. The maximum atomic E-state index is 13.3. The molecule has 0 radical (unpaired) electrons. The lowest BCUT2D eigenvalue weighted by molar-refractivity contribution is -0.137. The van der Waals surface area contributed by atoms with E-state index in [2.05, 4.69) is 10.2 Å². The van der Waals surface area contributed by atoms with Gasteiger partial charge in [-0.1, -0.05) is 54.6 Å².